The third kappa shape index (κ3) is 7.80. The van der Waals surface area contributed by atoms with Crippen molar-refractivity contribution in [1.82, 2.24) is 22.8 Å². The lowest BCUT2D eigenvalue weighted by Gasteiger charge is -2.39. The fourth-order valence-electron chi connectivity index (χ4n) is 19.4. The number of benzene rings is 15. The predicted molar refractivity (Wildman–Crippen MR) is 448 cm³/mol. The molecule has 104 heavy (non-hydrogen) atoms. The van der Waals surface area contributed by atoms with Gasteiger partial charge in [-0.15, -0.1) is 0 Å². The highest BCUT2D eigenvalue weighted by atomic mass is 15.2. The van der Waals surface area contributed by atoms with Crippen molar-refractivity contribution < 1.29 is 0 Å². The Morgan fingerprint density at radius 3 is 0.760 bits per heavy atom. The number of rotatable bonds is 3. The van der Waals surface area contributed by atoms with Crippen molar-refractivity contribution in [2.24, 2.45) is 0 Å². The van der Waals surface area contributed by atoms with Crippen LogP contribution in [0.25, 0.3) is 181 Å². The van der Waals surface area contributed by atoms with Crippen LogP contribution >= 0.6 is 0 Å². The van der Waals surface area contributed by atoms with Gasteiger partial charge in [-0.25, -0.2) is 0 Å². The van der Waals surface area contributed by atoms with Gasteiger partial charge in [0.2, 0.25) is 0 Å². The van der Waals surface area contributed by atoms with Gasteiger partial charge in [0.05, 0.1) is 83.6 Å². The molecule has 0 fully saturated rings. The topological polar surface area (TPSA) is 24.6 Å². The zero-order chi connectivity index (χ0) is 70.3. The summed E-state index contributed by atoms with van der Waals surface area (Å²) < 4.78 is 13.8. The molecular weight excluding hydrogens is 1260 g/mol. The maximum absolute atomic E-state index is 2.82. The SMILES string of the molecule is CC(C)(C)c1ccc2c(ccc3c2c2c4ccc(C(C)(C)C)cc4cc4c2n3-c2c3c(c(-n5c6ccccc6c6ccccc65)c(-n5c6ccccc6c6ccccc65)c2-n2c5ccccc5c5ccccc52)-n2c5ccc6cc(C(C)(C)C)ccc6c5c5c6ccc(C(C)(C)C)cc6cc(c52)B34)c1. The molecule has 0 N–H and O–H groups in total. The number of fused-ring (bicyclic) bond motifs is 27. The Morgan fingerprint density at radius 1 is 0.212 bits per heavy atom. The lowest BCUT2D eigenvalue weighted by atomic mass is 9.34. The highest BCUT2D eigenvalue weighted by molar-refractivity contribution is 7.01. The molecule has 0 saturated heterocycles. The Hall–Kier alpha value is -11.6. The molecule has 0 unspecified atom stereocenters. The van der Waals surface area contributed by atoms with Gasteiger partial charge in [-0.1, -0.05) is 289 Å². The molecule has 0 saturated carbocycles. The molecule has 20 aromatic rings. The van der Waals surface area contributed by atoms with E-state index in [1.165, 1.54) is 169 Å². The monoisotopic (exact) mass is 1340 g/mol. The molecule has 22 rings (SSSR count). The van der Waals surface area contributed by atoms with Crippen molar-refractivity contribution in [3.63, 3.8) is 0 Å². The number of para-hydroxylation sites is 6. The first-order chi connectivity index (χ1) is 50.2. The van der Waals surface area contributed by atoms with Gasteiger partial charge >= 0.3 is 0 Å². The molecule has 0 aliphatic carbocycles. The van der Waals surface area contributed by atoms with E-state index in [9.17, 15) is 0 Å². The standard InChI is InChI=1S/C98H78BN5/c1-95(2,3)59-39-43-63-55(49-59)37-47-81-83(63)85-65-45-41-61(97(7,8)9)51-57(65)53-73-88(85)103(81)90-87-91(104-82-48-38-56-50-60(96(4,5)6)40-44-64(56)84(82)86-66-46-42-62(98(10,11)12)52-58(66)54-74(89(86)104)99(73)87)93(101-77-33-21-15-27-69(77)70-28-16-22-34-78(70)101)94(102-79-35-23-17-29-71(79)72-30-18-24-36-80(72)102)92(90)100-75-31-19-13-25-67(75)68-26-14-20-32-76(68)100/h13-54H,1-12H3. The summed E-state index contributed by atoms with van der Waals surface area (Å²) in [5, 5.41) is 22.5. The van der Waals surface area contributed by atoms with Gasteiger partial charge < -0.3 is 22.8 Å². The van der Waals surface area contributed by atoms with Gasteiger partial charge in [0.25, 0.3) is 6.71 Å². The van der Waals surface area contributed by atoms with Crippen molar-refractivity contribution in [3.8, 4) is 28.4 Å². The summed E-state index contributed by atoms with van der Waals surface area (Å²) in [4.78, 5) is 0. The fraction of sp³-hybridized carbons (Fsp3) is 0.163. The molecule has 5 aromatic heterocycles. The Balaban J connectivity index is 1.10. The number of hydrogen-bond acceptors (Lipinski definition) is 0. The van der Waals surface area contributed by atoms with Gasteiger partial charge in [0.15, 0.2) is 0 Å². The predicted octanol–water partition coefficient (Wildman–Crippen LogP) is 24.1. The maximum atomic E-state index is 2.82. The lowest BCUT2D eigenvalue weighted by Crippen LogP contribution is -2.60. The molecule has 0 atom stereocenters. The second kappa shape index (κ2) is 20.2. The van der Waals surface area contributed by atoms with Gasteiger partial charge in [0, 0.05) is 53.9 Å². The van der Waals surface area contributed by atoms with Crippen LogP contribution in [0, 0.1) is 0 Å². The molecule has 2 aliphatic heterocycles. The third-order valence-corrected chi connectivity index (χ3v) is 24.3. The molecule has 5 nitrogen and oxygen atoms in total. The molecule has 0 amide bonds. The van der Waals surface area contributed by atoms with Crippen molar-refractivity contribution in [2.45, 2.75) is 105 Å². The normalized spacial score (nSPS) is 13.6. The van der Waals surface area contributed by atoms with Crippen LogP contribution < -0.4 is 16.4 Å². The van der Waals surface area contributed by atoms with Crippen LogP contribution in [0.15, 0.2) is 255 Å². The van der Waals surface area contributed by atoms with Crippen molar-refractivity contribution in [1.29, 1.82) is 0 Å². The molecule has 2 aliphatic rings. The van der Waals surface area contributed by atoms with Crippen molar-refractivity contribution >= 4 is 175 Å². The first-order valence-electron chi connectivity index (χ1n) is 37.4. The van der Waals surface area contributed by atoms with Crippen LogP contribution in [-0.2, 0) is 21.7 Å². The van der Waals surface area contributed by atoms with E-state index >= 15 is 0 Å². The minimum atomic E-state index is -0.313. The maximum Gasteiger partial charge on any atom is 0.252 e. The molecule has 0 spiro atoms. The third-order valence-electron chi connectivity index (χ3n) is 24.3. The van der Waals surface area contributed by atoms with Crippen LogP contribution in [-0.4, -0.2) is 29.5 Å². The van der Waals surface area contributed by atoms with Crippen molar-refractivity contribution in [2.75, 3.05) is 0 Å². The zero-order valence-corrected chi connectivity index (χ0v) is 61.1. The Labute approximate surface area is 604 Å². The Bertz CT molecular complexity index is 6790. The summed E-state index contributed by atoms with van der Waals surface area (Å²) >= 11 is 0. The second-order valence-electron chi connectivity index (χ2n) is 34.4. The minimum absolute atomic E-state index is 0.0587. The van der Waals surface area contributed by atoms with E-state index in [2.05, 4.69) is 361 Å². The number of aromatic nitrogens is 5. The minimum Gasteiger partial charge on any atom is -0.308 e. The lowest BCUT2D eigenvalue weighted by molar-refractivity contribution is 0.591. The molecule has 0 bridgehead atoms. The molecule has 0 radical (unpaired) electrons. The van der Waals surface area contributed by atoms with Gasteiger partial charge in [-0.05, 0) is 152 Å². The van der Waals surface area contributed by atoms with Crippen molar-refractivity contribution in [3.05, 3.63) is 277 Å². The van der Waals surface area contributed by atoms with Crippen LogP contribution in [0.2, 0.25) is 0 Å². The molecule has 498 valence electrons. The highest BCUT2D eigenvalue weighted by Crippen LogP contribution is 2.54. The summed E-state index contributed by atoms with van der Waals surface area (Å²) in [5.74, 6) is 0. The first-order valence-corrected chi connectivity index (χ1v) is 37.4. The average molecular weight is 1340 g/mol. The van der Waals surface area contributed by atoms with E-state index in [1.807, 2.05) is 0 Å². The average Bonchev–Trinajstić information content (AvgIpc) is 1.43. The molecule has 6 heteroatoms. The molecule has 7 heterocycles. The highest BCUT2D eigenvalue weighted by Gasteiger charge is 2.48. The summed E-state index contributed by atoms with van der Waals surface area (Å²) in [6, 6.07) is 100. The number of hydrogen-bond donors (Lipinski definition) is 0. The molecule has 15 aromatic carbocycles. The van der Waals surface area contributed by atoms with Gasteiger partial charge in [-0.3, -0.25) is 0 Å². The van der Waals surface area contributed by atoms with E-state index in [-0.39, 0.29) is 28.4 Å². The first kappa shape index (κ1) is 60.0. The Kier molecular flexibility index (Phi) is 11.6. The second-order valence-corrected chi connectivity index (χ2v) is 34.4. The Morgan fingerprint density at radius 2 is 0.471 bits per heavy atom. The van der Waals surface area contributed by atoms with E-state index in [0.29, 0.717) is 0 Å². The number of nitrogens with zero attached hydrogens (tertiary/aromatic N) is 5. The van der Waals surface area contributed by atoms with Crippen LogP contribution in [0.1, 0.15) is 105 Å². The van der Waals surface area contributed by atoms with E-state index < -0.39 is 0 Å². The largest absolute Gasteiger partial charge is 0.308 e. The van der Waals surface area contributed by atoms with Crippen LogP contribution in [0.3, 0.4) is 0 Å². The van der Waals surface area contributed by atoms with E-state index in [0.717, 1.165) is 50.2 Å². The van der Waals surface area contributed by atoms with Gasteiger partial charge in [-0.2, -0.15) is 0 Å². The zero-order valence-electron chi connectivity index (χ0n) is 61.1. The smallest absolute Gasteiger partial charge is 0.252 e. The van der Waals surface area contributed by atoms with E-state index in [1.54, 1.807) is 0 Å². The van der Waals surface area contributed by atoms with Gasteiger partial charge in [0.1, 0.15) is 0 Å². The summed E-state index contributed by atoms with van der Waals surface area (Å²) in [6.45, 7) is 28.0. The van der Waals surface area contributed by atoms with Crippen LogP contribution in [0.4, 0.5) is 0 Å². The van der Waals surface area contributed by atoms with E-state index in [4.69, 9.17) is 0 Å². The summed E-state index contributed by atoms with van der Waals surface area (Å²) in [5.41, 5.74) is 26.3. The quantitative estimate of drug-likeness (QED) is 0.158. The summed E-state index contributed by atoms with van der Waals surface area (Å²) in [6.07, 6.45) is 0. The van der Waals surface area contributed by atoms with Crippen LogP contribution in [0.5, 0.6) is 0 Å². The fourth-order valence-corrected chi connectivity index (χ4v) is 19.4. The molecular formula is C98H78BN5. The summed E-state index contributed by atoms with van der Waals surface area (Å²) in [7, 11) is 0.